The lowest BCUT2D eigenvalue weighted by atomic mass is 9.83. The Morgan fingerprint density at radius 2 is 0.886 bits per heavy atom. The van der Waals surface area contributed by atoms with Crippen LogP contribution in [0.3, 0.4) is 0 Å². The van der Waals surface area contributed by atoms with E-state index in [1.807, 2.05) is 60.7 Å². The summed E-state index contributed by atoms with van der Waals surface area (Å²) in [5.41, 5.74) is 2.01. The molecule has 1 aliphatic carbocycles. The molecule has 2 aromatic rings. The first-order valence-corrected chi connectivity index (χ1v) is 11.9. The fourth-order valence-electron chi connectivity index (χ4n) is 4.16. The van der Waals surface area contributed by atoms with Crippen LogP contribution in [0.4, 0.5) is 0 Å². The average molecular weight is 481 g/mol. The van der Waals surface area contributed by atoms with Gasteiger partial charge < -0.3 is 28.8 Å². The Morgan fingerprint density at radius 3 is 1.29 bits per heavy atom. The lowest BCUT2D eigenvalue weighted by molar-refractivity contribution is -0.273. The topological polar surface area (TPSA) is 66.4 Å². The molecule has 0 saturated heterocycles. The van der Waals surface area contributed by atoms with Crippen LogP contribution in [0.25, 0.3) is 0 Å². The number of hydrogen-bond donors (Lipinski definition) is 1. The van der Waals surface area contributed by atoms with E-state index in [4.69, 9.17) is 23.7 Å². The normalized spacial score (nSPS) is 26.2. The van der Waals surface area contributed by atoms with Crippen LogP contribution in [-0.2, 0) is 36.9 Å². The molecule has 1 saturated carbocycles. The third-order valence-corrected chi connectivity index (χ3v) is 5.76. The van der Waals surface area contributed by atoms with Gasteiger partial charge >= 0.3 is 0 Å². The third kappa shape index (κ3) is 7.70. The largest absolute Gasteiger partial charge is 0.387 e. The van der Waals surface area contributed by atoms with Gasteiger partial charge in [-0.3, -0.25) is 0 Å². The first kappa shape index (κ1) is 27.0. The summed E-state index contributed by atoms with van der Waals surface area (Å²) < 4.78 is 31.0. The average Bonchev–Trinajstić information content (AvgIpc) is 2.90. The van der Waals surface area contributed by atoms with Crippen LogP contribution in [0.5, 0.6) is 0 Å². The van der Waals surface area contributed by atoms with Crippen LogP contribution < -0.4 is 0 Å². The van der Waals surface area contributed by atoms with Gasteiger partial charge in [-0.05, 0) is 11.1 Å². The van der Waals surface area contributed by atoms with Crippen molar-refractivity contribution in [2.24, 2.45) is 0 Å². The van der Waals surface area contributed by atoms with E-state index in [0.29, 0.717) is 13.2 Å². The van der Waals surface area contributed by atoms with E-state index >= 15 is 0 Å². The molecular formula is C29H36O6. The summed E-state index contributed by atoms with van der Waals surface area (Å²) in [4.78, 5) is 0. The van der Waals surface area contributed by atoms with Gasteiger partial charge in [0, 0.05) is 0 Å². The summed E-state index contributed by atoms with van der Waals surface area (Å²) in [5.74, 6) is 0. The zero-order valence-electron chi connectivity index (χ0n) is 20.1. The van der Waals surface area contributed by atoms with Gasteiger partial charge in [-0.1, -0.05) is 78.9 Å². The Kier molecular flexibility index (Phi) is 11.4. The molecule has 6 atom stereocenters. The summed E-state index contributed by atoms with van der Waals surface area (Å²) in [6.07, 6.45) is 0.606. The van der Waals surface area contributed by atoms with Crippen molar-refractivity contribution >= 4 is 0 Å². The van der Waals surface area contributed by atoms with Crippen molar-refractivity contribution in [3.63, 3.8) is 0 Å². The highest BCUT2D eigenvalue weighted by Gasteiger charge is 2.53. The van der Waals surface area contributed by atoms with E-state index in [1.54, 1.807) is 18.2 Å². The van der Waals surface area contributed by atoms with Gasteiger partial charge in [0.15, 0.2) is 0 Å². The van der Waals surface area contributed by atoms with Crippen molar-refractivity contribution in [1.82, 2.24) is 0 Å². The molecule has 6 nitrogen and oxygen atoms in total. The molecule has 188 valence electrons. The molecule has 0 bridgehead atoms. The van der Waals surface area contributed by atoms with E-state index in [-0.39, 0.29) is 19.8 Å². The summed E-state index contributed by atoms with van der Waals surface area (Å²) in [6, 6.07) is 19.7. The van der Waals surface area contributed by atoms with Crippen molar-refractivity contribution in [3.8, 4) is 0 Å². The fourth-order valence-corrected chi connectivity index (χ4v) is 4.16. The predicted octanol–water partition coefficient (Wildman–Crippen LogP) is 4.25. The first-order chi connectivity index (χ1) is 17.2. The van der Waals surface area contributed by atoms with Crippen molar-refractivity contribution in [1.29, 1.82) is 0 Å². The van der Waals surface area contributed by atoms with Crippen molar-refractivity contribution in [3.05, 3.63) is 110 Å². The lowest BCUT2D eigenvalue weighted by Gasteiger charge is -2.48. The molecule has 0 spiro atoms. The number of rotatable bonds is 15. The second-order valence-corrected chi connectivity index (χ2v) is 8.27. The van der Waals surface area contributed by atoms with Gasteiger partial charge in [0.1, 0.15) is 36.6 Å². The van der Waals surface area contributed by atoms with E-state index < -0.39 is 36.6 Å². The predicted molar refractivity (Wildman–Crippen MR) is 136 cm³/mol. The molecule has 0 heterocycles. The second kappa shape index (κ2) is 14.7. The molecule has 1 fully saturated rings. The molecule has 0 aromatic heterocycles. The first-order valence-electron chi connectivity index (χ1n) is 11.9. The van der Waals surface area contributed by atoms with Crippen LogP contribution in [0.1, 0.15) is 11.1 Å². The highest BCUT2D eigenvalue weighted by molar-refractivity contribution is 5.15. The molecule has 0 unspecified atom stereocenters. The molecule has 1 aliphatic rings. The standard InChI is InChI=1S/C29H36O6/c1-4-17-31-25-24(30)26(32-18-5-2)28(34-20-22-13-9-7-10-14-22)29(27(25)33-19-6-3)35-21-23-15-11-8-12-16-23/h4-16,24-30H,1-3,17-21H2/t24-,25-,26+,27+,28+,29-/m1/s1. The van der Waals surface area contributed by atoms with Gasteiger partial charge in [0.25, 0.3) is 0 Å². The molecule has 0 aliphatic heterocycles. The number of aliphatic hydroxyl groups excluding tert-OH is 1. The van der Waals surface area contributed by atoms with Crippen LogP contribution in [0.2, 0.25) is 0 Å². The van der Waals surface area contributed by atoms with Crippen molar-refractivity contribution < 1.29 is 28.8 Å². The quantitative estimate of drug-likeness (QED) is 0.385. The highest BCUT2D eigenvalue weighted by atomic mass is 16.6. The zero-order chi connectivity index (χ0) is 24.9. The van der Waals surface area contributed by atoms with E-state index in [0.717, 1.165) is 11.1 Å². The lowest BCUT2D eigenvalue weighted by Crippen LogP contribution is -2.67. The fraction of sp³-hybridized carbons (Fsp3) is 0.379. The molecular weight excluding hydrogens is 444 g/mol. The van der Waals surface area contributed by atoms with E-state index in [2.05, 4.69) is 19.7 Å². The number of ether oxygens (including phenoxy) is 5. The smallest absolute Gasteiger partial charge is 0.116 e. The number of aliphatic hydroxyl groups is 1. The van der Waals surface area contributed by atoms with E-state index in [1.165, 1.54) is 0 Å². The maximum Gasteiger partial charge on any atom is 0.116 e. The highest BCUT2D eigenvalue weighted by Crippen LogP contribution is 2.33. The number of hydrogen-bond acceptors (Lipinski definition) is 6. The summed E-state index contributed by atoms with van der Waals surface area (Å²) in [7, 11) is 0. The Hall–Kier alpha value is -2.58. The second-order valence-electron chi connectivity index (χ2n) is 8.27. The molecule has 6 heteroatoms. The van der Waals surface area contributed by atoms with Crippen molar-refractivity contribution in [2.75, 3.05) is 19.8 Å². The Labute approximate surface area is 208 Å². The van der Waals surface area contributed by atoms with Crippen LogP contribution in [0.15, 0.2) is 98.6 Å². The zero-order valence-corrected chi connectivity index (χ0v) is 20.1. The Balaban J connectivity index is 1.93. The molecule has 2 aromatic carbocycles. The molecule has 3 rings (SSSR count). The van der Waals surface area contributed by atoms with Crippen LogP contribution >= 0.6 is 0 Å². The van der Waals surface area contributed by atoms with Gasteiger partial charge in [0.05, 0.1) is 33.0 Å². The third-order valence-electron chi connectivity index (χ3n) is 5.76. The maximum atomic E-state index is 11.4. The van der Waals surface area contributed by atoms with Crippen LogP contribution in [0, 0.1) is 0 Å². The minimum Gasteiger partial charge on any atom is -0.387 e. The van der Waals surface area contributed by atoms with E-state index in [9.17, 15) is 5.11 Å². The SMILES string of the molecule is C=CCO[C@@H]1[C@@H](OCc2ccccc2)[C@@H](OCc2ccccc2)[C@@H](OCC=C)[C@H](O)[C@H]1OCC=C. The van der Waals surface area contributed by atoms with Gasteiger partial charge in [-0.25, -0.2) is 0 Å². The maximum absolute atomic E-state index is 11.4. The van der Waals surface area contributed by atoms with Gasteiger partial charge in [-0.2, -0.15) is 0 Å². The minimum atomic E-state index is -1.03. The Morgan fingerprint density at radius 1 is 0.543 bits per heavy atom. The van der Waals surface area contributed by atoms with Crippen LogP contribution in [-0.4, -0.2) is 61.6 Å². The van der Waals surface area contributed by atoms with Gasteiger partial charge in [0.2, 0.25) is 0 Å². The summed E-state index contributed by atoms with van der Waals surface area (Å²) in [5, 5.41) is 11.4. The summed E-state index contributed by atoms with van der Waals surface area (Å²) >= 11 is 0. The molecule has 1 N–H and O–H groups in total. The monoisotopic (exact) mass is 480 g/mol. The Bertz CT molecular complexity index is 887. The minimum absolute atomic E-state index is 0.241. The number of benzene rings is 2. The van der Waals surface area contributed by atoms with Crippen molar-refractivity contribution in [2.45, 2.75) is 49.8 Å². The van der Waals surface area contributed by atoms with Gasteiger partial charge in [-0.15, -0.1) is 19.7 Å². The summed E-state index contributed by atoms with van der Waals surface area (Å²) in [6.45, 7) is 12.7. The molecule has 0 radical (unpaired) electrons. The molecule has 35 heavy (non-hydrogen) atoms. The molecule has 0 amide bonds.